The van der Waals surface area contributed by atoms with E-state index in [-0.39, 0.29) is 30.4 Å². The molecule has 0 spiro atoms. The van der Waals surface area contributed by atoms with Gasteiger partial charge in [0.05, 0.1) is 25.8 Å². The van der Waals surface area contributed by atoms with E-state index in [9.17, 15) is 9.59 Å². The van der Waals surface area contributed by atoms with Crippen LogP contribution in [0.15, 0.2) is 48.5 Å². The number of halogens is 1. The number of rotatable bonds is 3. The third-order valence-corrected chi connectivity index (χ3v) is 5.06. The van der Waals surface area contributed by atoms with E-state index in [1.807, 2.05) is 30.3 Å². The summed E-state index contributed by atoms with van der Waals surface area (Å²) in [6, 6.07) is 14.6. The van der Waals surface area contributed by atoms with Crippen molar-refractivity contribution in [2.24, 2.45) is 0 Å². The molecule has 0 fully saturated rings. The summed E-state index contributed by atoms with van der Waals surface area (Å²) in [4.78, 5) is 27.4. The largest absolute Gasteiger partial charge is 0.468 e. The van der Waals surface area contributed by atoms with Crippen molar-refractivity contribution in [2.75, 3.05) is 14.2 Å². The third-order valence-electron chi connectivity index (χ3n) is 5.06. The predicted octanol–water partition coefficient (Wildman–Crippen LogP) is 3.15. The van der Waals surface area contributed by atoms with Crippen LogP contribution in [0.2, 0.25) is 0 Å². The predicted molar refractivity (Wildman–Crippen MR) is 108 cm³/mol. The molecule has 4 rings (SSSR count). The Morgan fingerprint density at radius 2 is 1.71 bits per heavy atom. The molecule has 0 aliphatic carbocycles. The topological polar surface area (TPSA) is 80.4 Å². The third kappa shape index (κ3) is 3.37. The lowest BCUT2D eigenvalue weighted by molar-refractivity contribution is -0.143. The van der Waals surface area contributed by atoms with Gasteiger partial charge in [0.1, 0.15) is 6.04 Å². The van der Waals surface area contributed by atoms with Crippen LogP contribution in [0.5, 0.6) is 0 Å². The normalized spacial score (nSPS) is 18.1. The van der Waals surface area contributed by atoms with Crippen molar-refractivity contribution in [3.05, 3.63) is 70.9 Å². The highest BCUT2D eigenvalue weighted by molar-refractivity contribution is 5.89. The second-order valence-electron chi connectivity index (χ2n) is 6.56. The van der Waals surface area contributed by atoms with Gasteiger partial charge in [0, 0.05) is 23.0 Å². The molecule has 1 aliphatic heterocycles. The first-order valence-corrected chi connectivity index (χ1v) is 8.74. The summed E-state index contributed by atoms with van der Waals surface area (Å²) < 4.78 is 9.73. The van der Waals surface area contributed by atoms with E-state index in [1.165, 1.54) is 14.2 Å². The highest BCUT2D eigenvalue weighted by atomic mass is 35.5. The highest BCUT2D eigenvalue weighted by Crippen LogP contribution is 2.35. The van der Waals surface area contributed by atoms with E-state index < -0.39 is 6.04 Å². The highest BCUT2D eigenvalue weighted by Gasteiger charge is 2.34. The van der Waals surface area contributed by atoms with Gasteiger partial charge in [-0.15, -0.1) is 12.4 Å². The number of para-hydroxylation sites is 1. The van der Waals surface area contributed by atoms with Gasteiger partial charge in [-0.3, -0.25) is 10.1 Å². The van der Waals surface area contributed by atoms with Crippen LogP contribution in [0.1, 0.15) is 33.2 Å². The molecule has 2 aromatic carbocycles. The van der Waals surface area contributed by atoms with Gasteiger partial charge >= 0.3 is 11.9 Å². The van der Waals surface area contributed by atoms with Gasteiger partial charge in [-0.2, -0.15) is 0 Å². The first-order valence-electron chi connectivity index (χ1n) is 8.74. The van der Waals surface area contributed by atoms with E-state index in [2.05, 4.69) is 16.4 Å². The molecule has 0 amide bonds. The smallest absolute Gasteiger partial charge is 0.337 e. The summed E-state index contributed by atoms with van der Waals surface area (Å²) in [5, 5.41) is 4.49. The van der Waals surface area contributed by atoms with Gasteiger partial charge in [0.2, 0.25) is 0 Å². The fourth-order valence-electron chi connectivity index (χ4n) is 3.72. The monoisotopic (exact) mass is 400 g/mol. The molecule has 2 atom stereocenters. The van der Waals surface area contributed by atoms with Crippen molar-refractivity contribution in [3.63, 3.8) is 0 Å². The van der Waals surface area contributed by atoms with Crippen molar-refractivity contribution < 1.29 is 19.1 Å². The first kappa shape index (κ1) is 19.9. The van der Waals surface area contributed by atoms with Gasteiger partial charge in [-0.25, -0.2) is 4.79 Å². The van der Waals surface area contributed by atoms with Crippen LogP contribution < -0.4 is 5.32 Å². The molecule has 28 heavy (non-hydrogen) atoms. The number of benzene rings is 2. The Kier molecular flexibility index (Phi) is 5.72. The lowest BCUT2D eigenvalue weighted by Crippen LogP contribution is -2.45. The van der Waals surface area contributed by atoms with E-state index >= 15 is 0 Å². The number of fused-ring (bicyclic) bond motifs is 3. The van der Waals surface area contributed by atoms with Crippen molar-refractivity contribution in [1.82, 2.24) is 10.3 Å². The van der Waals surface area contributed by atoms with Crippen LogP contribution in [-0.4, -0.2) is 37.2 Å². The lowest BCUT2D eigenvalue weighted by atomic mass is 9.90. The molecule has 1 aliphatic rings. The van der Waals surface area contributed by atoms with E-state index in [4.69, 9.17) is 9.47 Å². The Bertz CT molecular complexity index is 1010. The number of carbonyl (C=O) groups is 2. The van der Waals surface area contributed by atoms with Gasteiger partial charge < -0.3 is 14.5 Å². The van der Waals surface area contributed by atoms with Gasteiger partial charge in [0.25, 0.3) is 0 Å². The molecular weight excluding hydrogens is 380 g/mol. The summed E-state index contributed by atoms with van der Waals surface area (Å²) >= 11 is 0. The zero-order chi connectivity index (χ0) is 19.0. The Balaban J connectivity index is 0.00000225. The summed E-state index contributed by atoms with van der Waals surface area (Å²) in [6.07, 6.45) is 0.558. The zero-order valence-corrected chi connectivity index (χ0v) is 16.3. The van der Waals surface area contributed by atoms with E-state index in [0.717, 1.165) is 27.7 Å². The average Bonchev–Trinajstić information content (AvgIpc) is 3.10. The van der Waals surface area contributed by atoms with Crippen molar-refractivity contribution >= 4 is 35.2 Å². The van der Waals surface area contributed by atoms with Gasteiger partial charge in [-0.05, 0) is 29.3 Å². The standard InChI is InChI=1S/C21H20N2O4.ClH/c1-26-20(24)13-9-7-12(8-10-13)18-19-15(11-17(23-18)21(25)27-2)14-5-3-4-6-16(14)22-19;/h3-10,17-18,22-23H,11H2,1-2H3;1H. The fourth-order valence-corrected chi connectivity index (χ4v) is 3.72. The van der Waals surface area contributed by atoms with Crippen LogP contribution in [0, 0.1) is 0 Å². The van der Waals surface area contributed by atoms with Gasteiger partial charge in [0.15, 0.2) is 0 Å². The Morgan fingerprint density at radius 1 is 1.00 bits per heavy atom. The minimum Gasteiger partial charge on any atom is -0.468 e. The molecule has 1 aromatic heterocycles. The molecule has 146 valence electrons. The number of methoxy groups -OCH3 is 2. The minimum atomic E-state index is -0.438. The SMILES string of the molecule is COC(=O)c1ccc(C2NC(C(=O)OC)Cc3c2[nH]c2ccccc32)cc1.Cl. The molecule has 0 saturated heterocycles. The first-order chi connectivity index (χ1) is 13.1. The van der Waals surface area contributed by atoms with Crippen molar-refractivity contribution in [1.29, 1.82) is 0 Å². The molecule has 3 aromatic rings. The number of H-pyrrole nitrogens is 1. The maximum atomic E-state index is 12.2. The summed E-state index contributed by atoms with van der Waals surface area (Å²) in [5.74, 6) is -0.668. The molecule has 0 saturated carbocycles. The number of esters is 2. The Hall–Kier alpha value is -2.83. The van der Waals surface area contributed by atoms with Crippen LogP contribution >= 0.6 is 12.4 Å². The molecule has 6 nitrogen and oxygen atoms in total. The van der Waals surface area contributed by atoms with E-state index in [0.29, 0.717) is 12.0 Å². The number of hydrogen-bond donors (Lipinski definition) is 2. The van der Waals surface area contributed by atoms with Crippen molar-refractivity contribution in [3.8, 4) is 0 Å². The minimum absolute atomic E-state index is 0. The van der Waals surface area contributed by atoms with Crippen LogP contribution in [-0.2, 0) is 20.7 Å². The number of nitrogens with one attached hydrogen (secondary N) is 2. The second kappa shape index (κ2) is 8.04. The number of hydrogen-bond acceptors (Lipinski definition) is 5. The molecule has 7 heteroatoms. The molecular formula is C21H21ClN2O4. The maximum absolute atomic E-state index is 12.2. The van der Waals surface area contributed by atoms with E-state index in [1.54, 1.807) is 12.1 Å². The Labute approximate surface area is 168 Å². The average molecular weight is 401 g/mol. The summed E-state index contributed by atoms with van der Waals surface area (Å²) in [5.41, 5.74) is 4.61. The number of ether oxygens (including phenoxy) is 2. The molecule has 2 heterocycles. The molecule has 2 N–H and O–H groups in total. The van der Waals surface area contributed by atoms with Crippen LogP contribution in [0.25, 0.3) is 10.9 Å². The number of carbonyl (C=O) groups excluding carboxylic acids is 2. The van der Waals surface area contributed by atoms with Gasteiger partial charge in [-0.1, -0.05) is 30.3 Å². The van der Waals surface area contributed by atoms with Crippen LogP contribution in [0.4, 0.5) is 0 Å². The fraction of sp³-hybridized carbons (Fsp3) is 0.238. The molecule has 0 bridgehead atoms. The lowest BCUT2D eigenvalue weighted by Gasteiger charge is -2.30. The van der Waals surface area contributed by atoms with Crippen molar-refractivity contribution in [2.45, 2.75) is 18.5 Å². The quantitative estimate of drug-likeness (QED) is 0.660. The number of aromatic amines is 1. The summed E-state index contributed by atoms with van der Waals surface area (Å²) in [7, 11) is 2.76. The van der Waals surface area contributed by atoms with Crippen LogP contribution in [0.3, 0.4) is 0 Å². The second-order valence-corrected chi connectivity index (χ2v) is 6.56. The summed E-state index contributed by atoms with van der Waals surface area (Å²) in [6.45, 7) is 0. The Morgan fingerprint density at radius 3 is 2.39 bits per heavy atom. The molecule has 0 radical (unpaired) electrons. The number of aromatic nitrogens is 1. The zero-order valence-electron chi connectivity index (χ0n) is 15.5. The maximum Gasteiger partial charge on any atom is 0.337 e. The molecule has 2 unspecified atom stereocenters.